The SMILES string of the molecule is C=C(C)c1ccc(C(=O)Cc2cc3c(ccn3C3CC3)cn2)cc1.C=C(C)c1ccc(C(N)=O)cc1.Cc1c(C)c(C)c(P(C(C)(C)C)C(C)(C)C)c(-c2c(C(C)C)cc(C(C)C)cc2C(C)C)c1C.Clc1cc2[nH]ccc2cn1.Clc1cc2c(ccn2C2CC2)cn1.OB(O)C1CC1. The van der Waals surface area contributed by atoms with Crippen LogP contribution in [0.5, 0.6) is 0 Å². The van der Waals surface area contributed by atoms with Gasteiger partial charge in [-0.3, -0.25) is 14.6 Å². The van der Waals surface area contributed by atoms with Gasteiger partial charge in [0.1, 0.15) is 10.3 Å². The maximum absolute atomic E-state index is 12.5. The van der Waals surface area contributed by atoms with Crippen molar-refractivity contribution < 1.29 is 19.6 Å². The number of Topliss-reactive ketones (excluding diaryl/α,β-unsaturated/α-hetero) is 1. The molecule has 6 heterocycles. The van der Waals surface area contributed by atoms with Gasteiger partial charge in [-0.15, -0.1) is 0 Å². The zero-order valence-electron chi connectivity index (χ0n) is 61.8. The van der Waals surface area contributed by atoms with E-state index in [1.54, 1.807) is 35.3 Å². The predicted octanol–water partition coefficient (Wildman–Crippen LogP) is 22.2. The molecule has 0 unspecified atom stereocenters. The topological polar surface area (TPSA) is 165 Å². The van der Waals surface area contributed by atoms with E-state index in [9.17, 15) is 9.59 Å². The Morgan fingerprint density at radius 2 is 1.03 bits per heavy atom. The number of fused-ring (bicyclic) bond motifs is 3. The van der Waals surface area contributed by atoms with Crippen LogP contribution in [0, 0.1) is 27.7 Å². The van der Waals surface area contributed by atoms with Crippen molar-refractivity contribution in [2.45, 2.75) is 216 Å². The molecule has 0 aliphatic heterocycles. The van der Waals surface area contributed by atoms with Crippen molar-refractivity contribution in [2.24, 2.45) is 5.73 Å². The van der Waals surface area contributed by atoms with E-state index in [1.165, 1.54) is 86.6 Å². The maximum atomic E-state index is 12.5. The number of hydrogen-bond donors (Lipinski definition) is 4. The normalized spacial score (nSPS) is 13.6. The third kappa shape index (κ3) is 20.0. The van der Waals surface area contributed by atoms with Gasteiger partial charge in [0, 0.05) is 82.1 Å². The largest absolute Gasteiger partial charge is 0.454 e. The van der Waals surface area contributed by atoms with E-state index in [2.05, 4.69) is 196 Å². The number of nitrogens with zero attached hydrogens (tertiary/aromatic N) is 5. The molecule has 13 rings (SSSR count). The lowest BCUT2D eigenvalue weighted by Gasteiger charge is -2.45. The number of nitrogens with one attached hydrogen (secondary N) is 1. The van der Waals surface area contributed by atoms with E-state index < -0.39 is 20.9 Å². The van der Waals surface area contributed by atoms with Crippen LogP contribution >= 0.6 is 31.1 Å². The number of H-pyrrole nitrogens is 1. The monoisotopic (exact) mass is 1390 g/mol. The summed E-state index contributed by atoms with van der Waals surface area (Å²) >= 11 is 11.5. The Labute approximate surface area is 601 Å². The lowest BCUT2D eigenvalue weighted by Crippen LogP contribution is -2.34. The van der Waals surface area contributed by atoms with Gasteiger partial charge in [0.05, 0.1) is 23.1 Å². The van der Waals surface area contributed by atoms with Crippen LogP contribution in [0.2, 0.25) is 16.1 Å². The Bertz CT molecular complexity index is 4420. The van der Waals surface area contributed by atoms with Crippen LogP contribution in [0.25, 0.3) is 55.0 Å². The third-order valence-corrected chi connectivity index (χ3v) is 23.0. The summed E-state index contributed by atoms with van der Waals surface area (Å²) in [5.41, 5.74) is 28.2. The van der Waals surface area contributed by atoms with Gasteiger partial charge in [-0.05, 0) is 216 Å². The van der Waals surface area contributed by atoms with E-state index in [-0.39, 0.29) is 21.9 Å². The van der Waals surface area contributed by atoms with Gasteiger partial charge in [-0.25, -0.2) is 9.97 Å². The van der Waals surface area contributed by atoms with E-state index in [0.29, 0.717) is 52.1 Å². The van der Waals surface area contributed by atoms with Crippen molar-refractivity contribution >= 4 is 99.1 Å². The predicted molar refractivity (Wildman–Crippen MR) is 423 cm³/mol. The molecule has 5 N–H and O–H groups in total. The second-order valence-corrected chi connectivity index (χ2v) is 34.7. The Hall–Kier alpha value is -7.44. The number of carbonyl (C=O) groups is 2. The molecule has 3 fully saturated rings. The highest BCUT2D eigenvalue weighted by Gasteiger charge is 2.40. The molecule has 11 nitrogen and oxygen atoms in total. The molecule has 10 aromatic rings. The summed E-state index contributed by atoms with van der Waals surface area (Å²) in [5, 5.41) is 23.1. The molecular weight excluding hydrogens is 1280 g/mol. The van der Waals surface area contributed by atoms with Crippen molar-refractivity contribution in [3.8, 4) is 11.1 Å². The molecule has 4 aromatic carbocycles. The molecule has 3 aliphatic rings. The van der Waals surface area contributed by atoms with Gasteiger partial charge < -0.3 is 29.9 Å². The van der Waals surface area contributed by atoms with Gasteiger partial charge in [-0.2, -0.15) is 0 Å². The van der Waals surface area contributed by atoms with Crippen molar-refractivity contribution in [3.05, 3.63) is 225 Å². The minimum Gasteiger partial charge on any atom is -0.427 e. The van der Waals surface area contributed by atoms with Gasteiger partial charge in [0.25, 0.3) is 0 Å². The van der Waals surface area contributed by atoms with Crippen molar-refractivity contribution in [2.75, 3.05) is 0 Å². The van der Waals surface area contributed by atoms with Gasteiger partial charge in [0.2, 0.25) is 5.91 Å². The number of pyridine rings is 3. The number of halogens is 2. The Morgan fingerprint density at radius 3 is 1.45 bits per heavy atom. The summed E-state index contributed by atoms with van der Waals surface area (Å²) in [7, 11) is -1.47. The van der Waals surface area contributed by atoms with E-state index in [4.69, 9.17) is 39.0 Å². The lowest BCUT2D eigenvalue weighted by atomic mass is 9.79. The quantitative estimate of drug-likeness (QED) is 0.0364. The first-order valence-electron chi connectivity index (χ1n) is 35.0. The zero-order chi connectivity index (χ0) is 72.7. The average molecular weight is 1390 g/mol. The lowest BCUT2D eigenvalue weighted by molar-refractivity contribution is 0.0987. The molecule has 0 saturated heterocycles. The molecule has 6 aromatic heterocycles. The van der Waals surface area contributed by atoms with Gasteiger partial charge >= 0.3 is 7.12 Å². The van der Waals surface area contributed by atoms with Crippen LogP contribution in [0.4, 0.5) is 0 Å². The number of aromatic nitrogens is 6. The molecule has 15 heteroatoms. The van der Waals surface area contributed by atoms with Crippen LogP contribution in [-0.4, -0.2) is 68.2 Å². The van der Waals surface area contributed by atoms with Gasteiger partial charge in [-0.1, -0.05) is 200 Å². The van der Waals surface area contributed by atoms with Crippen LogP contribution < -0.4 is 11.0 Å². The summed E-state index contributed by atoms with van der Waals surface area (Å²) in [5.74, 6) is 1.41. The highest BCUT2D eigenvalue weighted by Crippen LogP contribution is 2.61. The van der Waals surface area contributed by atoms with E-state index in [1.807, 2.05) is 81.0 Å². The number of benzene rings is 4. The standard InChI is InChI=1S/C33H53P.C21H20N2O.C10H9ClN2.C10H11NO.C7H5ClN2.C3H7BO2/c1-19(2)26-17-27(20(3)4)30(28(18-26)21(5)6)29-24(9)22(7)23(8)25(10)31(29)34(32(11,12)13)33(14,15)16;1-14(2)15-3-5-16(6-4-15)21(24)12-18-11-20-17(13-22-18)9-10-23(20)19-7-8-19;11-10-5-9-7(6-12-10)3-4-13(9)8-1-2-8;1-7(2)8-3-5-9(6-4-8)10(11)12;8-7-3-6-5(4-10-7)1-2-9-6;5-4(6)3-1-2-3/h17-21H,1-16H3;3-6,9-11,13,19H,1,7-8,12H2,2H3;3-6,8H,1-2H2;3-6H,1H2,2H3,(H2,11,12);1-4,9H;3,5-6H,1-2H2. The Kier molecular flexibility index (Phi) is 25.7. The summed E-state index contributed by atoms with van der Waals surface area (Å²) in [6.45, 7) is 50.0. The second kappa shape index (κ2) is 32.9. The number of ketones is 1. The number of carbonyl (C=O) groups excluding carboxylic acids is 2. The fourth-order valence-electron chi connectivity index (χ4n) is 12.8. The number of rotatable bonds is 14. The molecule has 1 amide bonds. The smallest absolute Gasteiger partial charge is 0.427 e. The molecular formula is C84H105BCl2N7O4P. The summed E-state index contributed by atoms with van der Waals surface area (Å²) in [6.07, 6.45) is 19.0. The molecule has 0 bridgehead atoms. The average Bonchev–Trinajstić information content (AvgIpc) is 1.73. The number of amides is 1. The fourth-order valence-corrected chi connectivity index (χ4v) is 17.5. The number of allylic oxidation sites excluding steroid dienone is 2. The van der Waals surface area contributed by atoms with Crippen molar-refractivity contribution in [1.29, 1.82) is 0 Å². The minimum atomic E-state index is -1.04. The summed E-state index contributed by atoms with van der Waals surface area (Å²) in [6, 6.07) is 33.1. The van der Waals surface area contributed by atoms with Crippen LogP contribution in [0.15, 0.2) is 147 Å². The second-order valence-electron chi connectivity index (χ2n) is 30.2. The summed E-state index contributed by atoms with van der Waals surface area (Å²) < 4.78 is 4.61. The van der Waals surface area contributed by atoms with Crippen LogP contribution in [0.1, 0.15) is 242 Å². The van der Waals surface area contributed by atoms with E-state index in [0.717, 1.165) is 62.7 Å². The van der Waals surface area contributed by atoms with Crippen LogP contribution in [-0.2, 0) is 6.42 Å². The molecule has 99 heavy (non-hydrogen) atoms. The maximum Gasteiger partial charge on any atom is 0.454 e. The highest BCUT2D eigenvalue weighted by molar-refractivity contribution is 7.69. The fraction of sp³-hybridized carbons (Fsp3) is 0.393. The minimum absolute atomic E-state index is 0.0969. The molecule has 0 atom stereocenters. The molecule has 0 radical (unpaired) electrons. The Morgan fingerprint density at radius 1 is 0.586 bits per heavy atom. The first kappa shape index (κ1) is 77.3. The first-order chi connectivity index (χ1) is 46.5. The number of primary amides is 1. The van der Waals surface area contributed by atoms with Crippen LogP contribution in [0.3, 0.4) is 0 Å². The van der Waals surface area contributed by atoms with E-state index >= 15 is 0 Å². The Balaban J connectivity index is 0.000000165. The van der Waals surface area contributed by atoms with Crippen molar-refractivity contribution in [3.63, 3.8) is 0 Å². The first-order valence-corrected chi connectivity index (χ1v) is 37.1. The molecule has 3 aliphatic carbocycles. The van der Waals surface area contributed by atoms with Crippen molar-refractivity contribution in [1.82, 2.24) is 29.1 Å². The molecule has 3 saturated carbocycles. The molecule has 0 spiro atoms. The third-order valence-electron chi connectivity index (χ3n) is 18.9. The number of nitrogens with two attached hydrogens (primary N) is 1. The number of aromatic amines is 1. The van der Waals surface area contributed by atoms with Gasteiger partial charge in [0.15, 0.2) is 5.78 Å². The highest BCUT2D eigenvalue weighted by atomic mass is 35.5. The molecule has 522 valence electrons. The zero-order valence-corrected chi connectivity index (χ0v) is 64.2. The number of hydrogen-bond acceptors (Lipinski definition) is 7. The summed E-state index contributed by atoms with van der Waals surface area (Å²) in [4.78, 5) is 38.7.